The molecule has 4 unspecified atom stereocenters. The predicted octanol–water partition coefficient (Wildman–Crippen LogP) is 5.35. The van der Waals surface area contributed by atoms with Crippen LogP contribution in [0.4, 0.5) is 0 Å². The Morgan fingerprint density at radius 3 is 2.14 bits per heavy atom. The van der Waals surface area contributed by atoms with Crippen LogP contribution in [-0.4, -0.2) is 31.6 Å². The van der Waals surface area contributed by atoms with Crippen molar-refractivity contribution in [1.29, 1.82) is 0 Å². The molecule has 0 saturated carbocycles. The molecule has 0 aliphatic heterocycles. The smallest absolute Gasteiger partial charge is 0.325 e. The van der Waals surface area contributed by atoms with E-state index in [1.54, 1.807) is 13.8 Å². The third-order valence-electron chi connectivity index (χ3n) is 5.97. The summed E-state index contributed by atoms with van der Waals surface area (Å²) >= 11 is 0. The lowest BCUT2D eigenvalue weighted by Gasteiger charge is -2.32. The second kappa shape index (κ2) is 11.6. The minimum atomic E-state index is -0.811. The van der Waals surface area contributed by atoms with E-state index < -0.39 is 11.8 Å². The van der Waals surface area contributed by atoms with Crippen molar-refractivity contribution in [3.05, 3.63) is 29.8 Å². The number of methoxy groups -OCH3 is 1. The van der Waals surface area contributed by atoms with Crippen molar-refractivity contribution in [2.75, 3.05) is 13.8 Å². The van der Waals surface area contributed by atoms with Gasteiger partial charge in [-0.1, -0.05) is 53.2 Å². The summed E-state index contributed by atoms with van der Waals surface area (Å²) < 4.78 is 16.3. The molecular weight excluding hydrogens is 366 g/mol. The van der Waals surface area contributed by atoms with Gasteiger partial charge in [0, 0.05) is 0 Å². The lowest BCUT2D eigenvalue weighted by Crippen LogP contribution is -2.48. The molecule has 0 aliphatic rings. The fourth-order valence-electron chi connectivity index (χ4n) is 3.48. The highest BCUT2D eigenvalue weighted by molar-refractivity contribution is 5.79. The lowest BCUT2D eigenvalue weighted by molar-refractivity contribution is -0.149. The predicted molar refractivity (Wildman–Crippen MR) is 118 cm³/mol. The van der Waals surface area contributed by atoms with Crippen molar-refractivity contribution in [1.82, 2.24) is 5.32 Å². The standard InChI is InChI=1S/C24H41NO4/c1-10-17(4)22(18(5)16(2)3)20-11-13-21(14-12-20)29-19(6)28-15-25-24(7,8)23(26)27-9/h11-14,16-19,22,25H,10,15H2,1-9H3. The van der Waals surface area contributed by atoms with E-state index in [0.29, 0.717) is 23.7 Å². The molecule has 0 amide bonds. The van der Waals surface area contributed by atoms with Gasteiger partial charge in [0.1, 0.15) is 18.0 Å². The molecule has 0 heterocycles. The first-order valence-electron chi connectivity index (χ1n) is 10.7. The van der Waals surface area contributed by atoms with E-state index in [2.05, 4.69) is 52.1 Å². The van der Waals surface area contributed by atoms with E-state index in [9.17, 15) is 4.79 Å². The lowest BCUT2D eigenvalue weighted by atomic mass is 9.73. The summed E-state index contributed by atoms with van der Waals surface area (Å²) in [5.74, 6) is 2.85. The molecule has 1 rings (SSSR count). The Morgan fingerprint density at radius 2 is 1.66 bits per heavy atom. The summed E-state index contributed by atoms with van der Waals surface area (Å²) in [6.07, 6.45) is 0.724. The Balaban J connectivity index is 2.67. The van der Waals surface area contributed by atoms with Gasteiger partial charge in [-0.15, -0.1) is 0 Å². The summed E-state index contributed by atoms with van der Waals surface area (Å²) in [5, 5.41) is 3.02. The quantitative estimate of drug-likeness (QED) is 0.374. The molecule has 1 aromatic rings. The van der Waals surface area contributed by atoms with Crippen LogP contribution in [0.25, 0.3) is 0 Å². The minimum absolute atomic E-state index is 0.184. The first-order valence-corrected chi connectivity index (χ1v) is 10.7. The van der Waals surface area contributed by atoms with Crippen molar-refractivity contribution < 1.29 is 19.0 Å². The Labute approximate surface area is 177 Å². The highest BCUT2D eigenvalue weighted by Crippen LogP contribution is 2.38. The van der Waals surface area contributed by atoms with E-state index in [-0.39, 0.29) is 12.7 Å². The van der Waals surface area contributed by atoms with Crippen LogP contribution in [0.15, 0.2) is 24.3 Å². The van der Waals surface area contributed by atoms with E-state index >= 15 is 0 Å². The Kier molecular flexibility index (Phi) is 10.1. The fraction of sp³-hybridized carbons (Fsp3) is 0.708. The largest absolute Gasteiger partial charge is 0.468 e. The second-order valence-electron chi connectivity index (χ2n) is 8.87. The van der Waals surface area contributed by atoms with Gasteiger partial charge in [-0.3, -0.25) is 10.1 Å². The molecule has 0 saturated heterocycles. The number of carbonyl (C=O) groups excluding carboxylic acids is 1. The van der Waals surface area contributed by atoms with Crippen LogP contribution in [0.1, 0.15) is 73.3 Å². The van der Waals surface area contributed by atoms with Crippen LogP contribution in [0.2, 0.25) is 0 Å². The average Bonchev–Trinajstić information content (AvgIpc) is 2.68. The molecule has 29 heavy (non-hydrogen) atoms. The van der Waals surface area contributed by atoms with Crippen LogP contribution in [0.3, 0.4) is 0 Å². The molecular formula is C24H41NO4. The number of hydrogen-bond donors (Lipinski definition) is 1. The van der Waals surface area contributed by atoms with Crippen molar-refractivity contribution in [2.24, 2.45) is 17.8 Å². The van der Waals surface area contributed by atoms with Crippen LogP contribution in [0, 0.1) is 17.8 Å². The normalized spacial score (nSPS) is 16.2. The summed E-state index contributed by atoms with van der Waals surface area (Å²) in [7, 11) is 1.37. The summed E-state index contributed by atoms with van der Waals surface area (Å²) in [4.78, 5) is 11.7. The summed E-state index contributed by atoms with van der Waals surface area (Å²) in [6.45, 7) is 17.1. The minimum Gasteiger partial charge on any atom is -0.468 e. The molecule has 0 bridgehead atoms. The number of rotatable bonds is 12. The number of hydrogen-bond acceptors (Lipinski definition) is 5. The van der Waals surface area contributed by atoms with Gasteiger partial charge in [-0.05, 0) is 62.1 Å². The van der Waals surface area contributed by atoms with Crippen molar-refractivity contribution in [3.63, 3.8) is 0 Å². The molecule has 5 nitrogen and oxygen atoms in total. The molecule has 0 spiro atoms. The van der Waals surface area contributed by atoms with E-state index in [0.717, 1.165) is 5.75 Å². The molecule has 166 valence electrons. The fourth-order valence-corrected chi connectivity index (χ4v) is 3.48. The zero-order valence-corrected chi connectivity index (χ0v) is 19.7. The summed E-state index contributed by atoms with van der Waals surface area (Å²) in [5.41, 5.74) is 0.553. The molecule has 1 N–H and O–H groups in total. The average molecular weight is 408 g/mol. The highest BCUT2D eigenvalue weighted by Gasteiger charge is 2.28. The third-order valence-corrected chi connectivity index (χ3v) is 5.97. The van der Waals surface area contributed by atoms with Gasteiger partial charge >= 0.3 is 5.97 Å². The molecule has 0 aliphatic carbocycles. The molecule has 4 atom stereocenters. The number of benzene rings is 1. The van der Waals surface area contributed by atoms with Gasteiger partial charge in [-0.2, -0.15) is 0 Å². The molecule has 5 heteroatoms. The number of esters is 1. The monoisotopic (exact) mass is 407 g/mol. The highest BCUT2D eigenvalue weighted by atomic mass is 16.7. The van der Waals surface area contributed by atoms with Gasteiger partial charge in [0.25, 0.3) is 0 Å². The van der Waals surface area contributed by atoms with E-state index in [4.69, 9.17) is 14.2 Å². The summed E-state index contributed by atoms with van der Waals surface area (Å²) in [6, 6.07) is 8.39. The molecule has 0 radical (unpaired) electrons. The Hall–Kier alpha value is -1.59. The van der Waals surface area contributed by atoms with Crippen LogP contribution in [0.5, 0.6) is 5.75 Å². The van der Waals surface area contributed by atoms with Crippen molar-refractivity contribution >= 4 is 5.97 Å². The van der Waals surface area contributed by atoms with Crippen LogP contribution >= 0.6 is 0 Å². The topological polar surface area (TPSA) is 56.8 Å². The zero-order valence-electron chi connectivity index (χ0n) is 19.7. The van der Waals surface area contributed by atoms with E-state index in [1.807, 2.05) is 19.1 Å². The maximum Gasteiger partial charge on any atom is 0.325 e. The number of nitrogens with one attached hydrogen (secondary N) is 1. The zero-order chi connectivity index (χ0) is 22.2. The third kappa shape index (κ3) is 7.63. The second-order valence-corrected chi connectivity index (χ2v) is 8.87. The SMILES string of the molecule is CCC(C)C(c1ccc(OC(C)OCNC(C)(C)C(=O)OC)cc1)C(C)C(C)C. The van der Waals surface area contributed by atoms with Gasteiger partial charge in [0.05, 0.1) is 7.11 Å². The Bertz CT molecular complexity index is 612. The van der Waals surface area contributed by atoms with Gasteiger partial charge in [-0.25, -0.2) is 0 Å². The van der Waals surface area contributed by atoms with Gasteiger partial charge < -0.3 is 14.2 Å². The first-order chi connectivity index (χ1) is 13.5. The van der Waals surface area contributed by atoms with Crippen molar-refractivity contribution in [3.8, 4) is 5.75 Å². The first kappa shape index (κ1) is 25.4. The number of carbonyl (C=O) groups is 1. The van der Waals surface area contributed by atoms with Gasteiger partial charge in [0.15, 0.2) is 6.29 Å². The van der Waals surface area contributed by atoms with Crippen LogP contribution < -0.4 is 10.1 Å². The maximum absolute atomic E-state index is 11.7. The molecule has 0 fully saturated rings. The van der Waals surface area contributed by atoms with Gasteiger partial charge in [0.2, 0.25) is 0 Å². The number of ether oxygens (including phenoxy) is 3. The van der Waals surface area contributed by atoms with Crippen molar-refractivity contribution in [2.45, 2.75) is 79.6 Å². The molecule has 0 aromatic heterocycles. The van der Waals surface area contributed by atoms with E-state index in [1.165, 1.54) is 19.1 Å². The molecule has 1 aromatic carbocycles. The maximum atomic E-state index is 11.7. The Morgan fingerprint density at radius 1 is 1.07 bits per heavy atom. The van der Waals surface area contributed by atoms with Crippen LogP contribution in [-0.2, 0) is 14.3 Å².